The van der Waals surface area contributed by atoms with Crippen LogP contribution in [-0.4, -0.2) is 41.5 Å². The van der Waals surface area contributed by atoms with Crippen LogP contribution in [-0.2, 0) is 16.0 Å². The van der Waals surface area contributed by atoms with Crippen LogP contribution in [0.2, 0.25) is 0 Å². The molecule has 0 bridgehead atoms. The van der Waals surface area contributed by atoms with Gasteiger partial charge in [0.1, 0.15) is 25.1 Å². The maximum absolute atomic E-state index is 12.0. The molecule has 1 aromatic carbocycles. The van der Waals surface area contributed by atoms with E-state index in [0.29, 0.717) is 5.75 Å². The summed E-state index contributed by atoms with van der Waals surface area (Å²) < 4.78 is 17.1. The molecule has 0 aliphatic heterocycles. The SMILES string of the molecule is N[C@@H](CC[C@H](Cc1ccc(OCCF)cc1)C(=O)O)C(=O)O. The average molecular weight is 313 g/mol. The molecule has 0 aliphatic carbocycles. The normalized spacial score (nSPS) is 13.4. The molecule has 22 heavy (non-hydrogen) atoms. The average Bonchev–Trinajstić information content (AvgIpc) is 2.49. The van der Waals surface area contributed by atoms with E-state index in [1.807, 2.05) is 0 Å². The van der Waals surface area contributed by atoms with Crippen molar-refractivity contribution in [1.82, 2.24) is 0 Å². The van der Waals surface area contributed by atoms with Crippen LogP contribution in [0.1, 0.15) is 18.4 Å². The maximum atomic E-state index is 12.0. The fourth-order valence-electron chi connectivity index (χ4n) is 1.98. The molecular formula is C15H20FNO5. The topological polar surface area (TPSA) is 110 Å². The van der Waals surface area contributed by atoms with Gasteiger partial charge in [-0.3, -0.25) is 9.59 Å². The van der Waals surface area contributed by atoms with Gasteiger partial charge in [0.2, 0.25) is 0 Å². The lowest BCUT2D eigenvalue weighted by Gasteiger charge is -2.14. The Hall–Kier alpha value is -2.15. The van der Waals surface area contributed by atoms with Gasteiger partial charge in [-0.15, -0.1) is 0 Å². The first-order valence-corrected chi connectivity index (χ1v) is 6.93. The van der Waals surface area contributed by atoms with Gasteiger partial charge >= 0.3 is 11.9 Å². The van der Waals surface area contributed by atoms with Crippen LogP contribution < -0.4 is 10.5 Å². The predicted molar refractivity (Wildman–Crippen MR) is 77.6 cm³/mol. The van der Waals surface area contributed by atoms with Crippen LogP contribution >= 0.6 is 0 Å². The molecule has 0 amide bonds. The number of benzene rings is 1. The highest BCUT2D eigenvalue weighted by Gasteiger charge is 2.21. The number of ether oxygens (including phenoxy) is 1. The van der Waals surface area contributed by atoms with Gasteiger partial charge in [-0.25, -0.2) is 4.39 Å². The number of nitrogens with two attached hydrogens (primary N) is 1. The van der Waals surface area contributed by atoms with E-state index in [1.165, 1.54) is 0 Å². The number of hydrogen-bond acceptors (Lipinski definition) is 4. The number of aliphatic carboxylic acids is 2. The Morgan fingerprint density at radius 2 is 1.77 bits per heavy atom. The van der Waals surface area contributed by atoms with E-state index in [2.05, 4.69) is 0 Å². The van der Waals surface area contributed by atoms with Crippen molar-refractivity contribution in [3.63, 3.8) is 0 Å². The standard InChI is InChI=1S/C15H20FNO5/c16-7-8-22-12-4-1-10(2-5-12)9-11(14(18)19)3-6-13(17)15(20)21/h1-2,4-5,11,13H,3,6-9,17H2,(H,18,19)(H,20,21)/t11-,13+/m1/s1. The fraction of sp³-hybridized carbons (Fsp3) is 0.467. The van der Waals surface area contributed by atoms with E-state index >= 15 is 0 Å². The number of halogens is 1. The summed E-state index contributed by atoms with van der Waals surface area (Å²) in [5, 5.41) is 17.9. The van der Waals surface area contributed by atoms with Crippen molar-refractivity contribution in [2.24, 2.45) is 11.7 Å². The molecule has 0 aliphatic rings. The minimum absolute atomic E-state index is 0.0236. The first kappa shape index (κ1) is 17.9. The highest BCUT2D eigenvalue weighted by atomic mass is 19.1. The van der Waals surface area contributed by atoms with Crippen molar-refractivity contribution < 1.29 is 28.9 Å². The summed E-state index contributed by atoms with van der Waals surface area (Å²) >= 11 is 0. The number of hydrogen-bond donors (Lipinski definition) is 3. The molecule has 0 fully saturated rings. The first-order valence-electron chi connectivity index (χ1n) is 6.93. The highest BCUT2D eigenvalue weighted by molar-refractivity contribution is 5.73. The van der Waals surface area contributed by atoms with Gasteiger partial charge < -0.3 is 20.7 Å². The third-order valence-electron chi connectivity index (χ3n) is 3.24. The highest BCUT2D eigenvalue weighted by Crippen LogP contribution is 2.18. The summed E-state index contributed by atoms with van der Waals surface area (Å²) in [5.74, 6) is -2.32. The number of carboxylic acid groups (broad SMARTS) is 2. The molecule has 7 heteroatoms. The summed E-state index contributed by atoms with van der Waals surface area (Å²) in [4.78, 5) is 21.9. The molecule has 0 spiro atoms. The molecule has 0 heterocycles. The van der Waals surface area contributed by atoms with Gasteiger partial charge in [0.25, 0.3) is 0 Å². The smallest absolute Gasteiger partial charge is 0.320 e. The summed E-state index contributed by atoms with van der Waals surface area (Å²) in [6.07, 6.45) is 0.554. The zero-order valence-corrected chi connectivity index (χ0v) is 12.1. The van der Waals surface area contributed by atoms with Gasteiger partial charge in [0.05, 0.1) is 5.92 Å². The van der Waals surface area contributed by atoms with Crippen molar-refractivity contribution >= 4 is 11.9 Å². The Bertz CT molecular complexity index is 491. The van der Waals surface area contributed by atoms with E-state index in [1.54, 1.807) is 24.3 Å². The summed E-state index contributed by atoms with van der Waals surface area (Å²) in [6.45, 7) is -0.600. The second-order valence-corrected chi connectivity index (χ2v) is 4.94. The molecule has 4 N–H and O–H groups in total. The molecule has 2 atom stereocenters. The van der Waals surface area contributed by atoms with Crippen LogP contribution in [0.15, 0.2) is 24.3 Å². The van der Waals surface area contributed by atoms with E-state index in [0.717, 1.165) is 5.56 Å². The summed E-state index contributed by atoms with van der Waals surface area (Å²) in [5.41, 5.74) is 6.17. The third kappa shape index (κ3) is 6.09. The number of carboxylic acids is 2. The number of carbonyl (C=O) groups is 2. The Balaban J connectivity index is 2.59. The van der Waals surface area contributed by atoms with E-state index in [4.69, 9.17) is 15.6 Å². The second-order valence-electron chi connectivity index (χ2n) is 4.94. The molecular weight excluding hydrogens is 293 g/mol. The van der Waals surface area contributed by atoms with Crippen LogP contribution in [0.3, 0.4) is 0 Å². The monoisotopic (exact) mass is 313 g/mol. The van der Waals surface area contributed by atoms with Crippen LogP contribution in [0, 0.1) is 5.92 Å². The Morgan fingerprint density at radius 3 is 2.27 bits per heavy atom. The van der Waals surface area contributed by atoms with E-state index < -0.39 is 30.6 Å². The van der Waals surface area contributed by atoms with Crippen molar-refractivity contribution in [3.05, 3.63) is 29.8 Å². The quantitative estimate of drug-likeness (QED) is 0.603. The second kappa shape index (κ2) is 8.99. The molecule has 122 valence electrons. The van der Waals surface area contributed by atoms with Crippen LogP contribution in [0.5, 0.6) is 5.75 Å². The Labute approximate surface area is 127 Å². The number of rotatable bonds is 10. The van der Waals surface area contributed by atoms with Gasteiger partial charge in [-0.1, -0.05) is 12.1 Å². The van der Waals surface area contributed by atoms with Crippen molar-refractivity contribution in [3.8, 4) is 5.75 Å². The lowest BCUT2D eigenvalue weighted by Crippen LogP contribution is -2.31. The van der Waals surface area contributed by atoms with Gasteiger partial charge in [0, 0.05) is 0 Å². The van der Waals surface area contributed by atoms with Gasteiger partial charge in [-0.05, 0) is 37.0 Å². The first-order chi connectivity index (χ1) is 10.4. The van der Waals surface area contributed by atoms with Crippen molar-refractivity contribution in [2.45, 2.75) is 25.3 Å². The largest absolute Gasteiger partial charge is 0.491 e. The Morgan fingerprint density at radius 1 is 1.14 bits per heavy atom. The summed E-state index contributed by atoms with van der Waals surface area (Å²) in [6, 6.07) is 5.65. The molecule has 1 aromatic rings. The van der Waals surface area contributed by atoms with Crippen LogP contribution in [0.25, 0.3) is 0 Å². The number of alkyl halides is 1. The molecule has 0 saturated carbocycles. The molecule has 1 rings (SSSR count). The third-order valence-corrected chi connectivity index (χ3v) is 3.24. The minimum atomic E-state index is -1.14. The maximum Gasteiger partial charge on any atom is 0.320 e. The van der Waals surface area contributed by atoms with E-state index in [9.17, 15) is 19.1 Å². The fourth-order valence-corrected chi connectivity index (χ4v) is 1.98. The van der Waals surface area contributed by atoms with Crippen LogP contribution in [0.4, 0.5) is 4.39 Å². The molecule has 0 saturated heterocycles. The molecule has 0 radical (unpaired) electrons. The summed E-state index contributed by atoms with van der Waals surface area (Å²) in [7, 11) is 0. The zero-order chi connectivity index (χ0) is 16.5. The minimum Gasteiger partial charge on any atom is -0.491 e. The van der Waals surface area contributed by atoms with Gasteiger partial charge in [-0.2, -0.15) is 0 Å². The molecule has 0 aromatic heterocycles. The Kier molecular flexibility index (Phi) is 7.31. The molecule has 6 nitrogen and oxygen atoms in total. The van der Waals surface area contributed by atoms with E-state index in [-0.39, 0.29) is 25.9 Å². The molecule has 0 unspecified atom stereocenters. The predicted octanol–water partition coefficient (Wildman–Crippen LogP) is 1.47. The zero-order valence-electron chi connectivity index (χ0n) is 12.1. The van der Waals surface area contributed by atoms with Crippen molar-refractivity contribution in [2.75, 3.05) is 13.3 Å². The van der Waals surface area contributed by atoms with Crippen molar-refractivity contribution in [1.29, 1.82) is 0 Å². The van der Waals surface area contributed by atoms with Gasteiger partial charge in [0.15, 0.2) is 0 Å². The lowest BCUT2D eigenvalue weighted by atomic mass is 9.93. The lowest BCUT2D eigenvalue weighted by molar-refractivity contribution is -0.143.